The standard InChI is InChI=1S/C16H12N2O/c19-16-11-10-15(13-8-4-5-9-14(13)16)18-17-12-6-2-1-3-7-12/h1-11,19H/b18-17+. The van der Waals surface area contributed by atoms with Crippen LogP contribution in [0, 0.1) is 0 Å². The van der Waals surface area contributed by atoms with Crippen LogP contribution in [0.5, 0.6) is 5.75 Å². The average molecular weight is 248 g/mol. The molecule has 3 aromatic rings. The molecule has 92 valence electrons. The predicted molar refractivity (Wildman–Crippen MR) is 76.2 cm³/mol. The molecule has 0 unspecified atom stereocenters. The van der Waals surface area contributed by atoms with Crippen molar-refractivity contribution in [2.75, 3.05) is 0 Å². The molecule has 1 N–H and O–H groups in total. The SMILES string of the molecule is Oc1ccc(/N=N/c2ccccc2)c2ccccc12. The molecule has 3 heteroatoms. The lowest BCUT2D eigenvalue weighted by atomic mass is 10.1. The van der Waals surface area contributed by atoms with E-state index in [1.54, 1.807) is 12.1 Å². The zero-order valence-corrected chi connectivity index (χ0v) is 10.2. The second kappa shape index (κ2) is 4.90. The number of aromatic hydroxyl groups is 1. The molecule has 0 saturated carbocycles. The summed E-state index contributed by atoms with van der Waals surface area (Å²) in [6.45, 7) is 0. The van der Waals surface area contributed by atoms with Gasteiger partial charge in [0.2, 0.25) is 0 Å². The summed E-state index contributed by atoms with van der Waals surface area (Å²) in [5.74, 6) is 0.259. The van der Waals surface area contributed by atoms with Crippen molar-refractivity contribution in [2.45, 2.75) is 0 Å². The first-order chi connectivity index (χ1) is 9.34. The molecule has 0 amide bonds. The van der Waals surface area contributed by atoms with E-state index in [9.17, 15) is 5.11 Å². The fraction of sp³-hybridized carbons (Fsp3) is 0. The van der Waals surface area contributed by atoms with Crippen LogP contribution < -0.4 is 0 Å². The number of hydrogen-bond acceptors (Lipinski definition) is 3. The smallest absolute Gasteiger partial charge is 0.123 e. The Hall–Kier alpha value is -2.68. The number of fused-ring (bicyclic) bond motifs is 1. The van der Waals surface area contributed by atoms with Crippen molar-refractivity contribution in [1.29, 1.82) is 0 Å². The number of azo groups is 1. The Labute approximate surface area is 110 Å². The summed E-state index contributed by atoms with van der Waals surface area (Å²) in [6.07, 6.45) is 0. The van der Waals surface area contributed by atoms with Crippen molar-refractivity contribution in [2.24, 2.45) is 10.2 Å². The molecule has 0 fully saturated rings. The minimum absolute atomic E-state index is 0.259. The molecule has 0 spiro atoms. The summed E-state index contributed by atoms with van der Waals surface area (Å²) in [7, 11) is 0. The maximum absolute atomic E-state index is 9.81. The molecule has 0 aromatic heterocycles. The maximum atomic E-state index is 9.81. The molecule has 19 heavy (non-hydrogen) atoms. The molecule has 3 aromatic carbocycles. The van der Waals surface area contributed by atoms with E-state index in [0.717, 1.165) is 22.1 Å². The monoisotopic (exact) mass is 248 g/mol. The lowest BCUT2D eigenvalue weighted by molar-refractivity contribution is 0.481. The Morgan fingerprint density at radius 1 is 0.632 bits per heavy atom. The second-order valence-electron chi connectivity index (χ2n) is 4.18. The van der Waals surface area contributed by atoms with Gasteiger partial charge < -0.3 is 5.11 Å². The van der Waals surface area contributed by atoms with E-state index in [1.807, 2.05) is 54.6 Å². The van der Waals surface area contributed by atoms with Crippen molar-refractivity contribution in [1.82, 2.24) is 0 Å². The van der Waals surface area contributed by atoms with Gasteiger partial charge in [-0.15, -0.1) is 5.11 Å². The Bertz CT molecular complexity index is 736. The van der Waals surface area contributed by atoms with Crippen molar-refractivity contribution in [3.63, 3.8) is 0 Å². The highest BCUT2D eigenvalue weighted by molar-refractivity contribution is 5.96. The Morgan fingerprint density at radius 3 is 2.11 bits per heavy atom. The van der Waals surface area contributed by atoms with Gasteiger partial charge in [0, 0.05) is 10.8 Å². The molecule has 0 heterocycles. The molecule has 3 rings (SSSR count). The maximum Gasteiger partial charge on any atom is 0.123 e. The summed E-state index contributed by atoms with van der Waals surface area (Å²) < 4.78 is 0. The van der Waals surface area contributed by atoms with Crippen molar-refractivity contribution in [3.05, 3.63) is 66.7 Å². The van der Waals surface area contributed by atoms with E-state index in [-0.39, 0.29) is 5.75 Å². The first-order valence-electron chi connectivity index (χ1n) is 6.02. The number of rotatable bonds is 2. The van der Waals surface area contributed by atoms with Crippen LogP contribution in [-0.2, 0) is 0 Å². The highest BCUT2D eigenvalue weighted by atomic mass is 16.3. The van der Waals surface area contributed by atoms with E-state index >= 15 is 0 Å². The molecule has 3 nitrogen and oxygen atoms in total. The van der Waals surface area contributed by atoms with Crippen molar-refractivity contribution in [3.8, 4) is 5.75 Å². The fourth-order valence-corrected chi connectivity index (χ4v) is 1.96. The van der Waals surface area contributed by atoms with E-state index in [0.29, 0.717) is 0 Å². The summed E-state index contributed by atoms with van der Waals surface area (Å²) in [6, 6.07) is 20.6. The minimum Gasteiger partial charge on any atom is -0.507 e. The molecule has 0 radical (unpaired) electrons. The summed E-state index contributed by atoms with van der Waals surface area (Å²) in [5, 5.41) is 19.9. The topological polar surface area (TPSA) is 45.0 Å². The number of phenolic OH excluding ortho intramolecular Hbond substituents is 1. The molecule has 0 aliphatic rings. The number of benzene rings is 3. The van der Waals surface area contributed by atoms with Gasteiger partial charge in [0.25, 0.3) is 0 Å². The quantitative estimate of drug-likeness (QED) is 0.640. The van der Waals surface area contributed by atoms with Crippen LogP contribution in [0.3, 0.4) is 0 Å². The van der Waals surface area contributed by atoms with Gasteiger partial charge in [-0.05, 0) is 24.3 Å². The van der Waals surface area contributed by atoms with Crippen LogP contribution in [0.15, 0.2) is 77.0 Å². The summed E-state index contributed by atoms with van der Waals surface area (Å²) in [5.41, 5.74) is 1.55. The van der Waals surface area contributed by atoms with Crippen molar-refractivity contribution < 1.29 is 5.11 Å². The van der Waals surface area contributed by atoms with Gasteiger partial charge in [0.05, 0.1) is 11.4 Å². The average Bonchev–Trinajstić information content (AvgIpc) is 2.48. The first kappa shape index (κ1) is 11.4. The minimum atomic E-state index is 0.259. The van der Waals surface area contributed by atoms with Crippen molar-refractivity contribution >= 4 is 22.1 Å². The van der Waals surface area contributed by atoms with Gasteiger partial charge in [-0.2, -0.15) is 5.11 Å². The predicted octanol–water partition coefficient (Wildman–Crippen LogP) is 4.96. The van der Waals surface area contributed by atoms with Gasteiger partial charge in [-0.1, -0.05) is 42.5 Å². The van der Waals surface area contributed by atoms with Crippen LogP contribution in [0.2, 0.25) is 0 Å². The molecule has 0 aliphatic carbocycles. The van der Waals surface area contributed by atoms with Crippen LogP contribution in [0.25, 0.3) is 10.8 Å². The number of nitrogens with zero attached hydrogens (tertiary/aromatic N) is 2. The van der Waals surface area contributed by atoms with E-state index in [2.05, 4.69) is 10.2 Å². The van der Waals surface area contributed by atoms with Gasteiger partial charge in [-0.3, -0.25) is 0 Å². The first-order valence-corrected chi connectivity index (χ1v) is 6.02. The zero-order chi connectivity index (χ0) is 13.1. The van der Waals surface area contributed by atoms with Crippen LogP contribution in [0.1, 0.15) is 0 Å². The van der Waals surface area contributed by atoms with Gasteiger partial charge in [0.15, 0.2) is 0 Å². The third kappa shape index (κ3) is 2.31. The third-order valence-corrected chi connectivity index (χ3v) is 2.91. The fourth-order valence-electron chi connectivity index (χ4n) is 1.96. The lowest BCUT2D eigenvalue weighted by Gasteiger charge is -2.03. The largest absolute Gasteiger partial charge is 0.507 e. The molecule has 0 saturated heterocycles. The zero-order valence-electron chi connectivity index (χ0n) is 10.2. The van der Waals surface area contributed by atoms with E-state index in [1.165, 1.54) is 0 Å². The summed E-state index contributed by atoms with van der Waals surface area (Å²) in [4.78, 5) is 0. The van der Waals surface area contributed by atoms with Crippen LogP contribution in [-0.4, -0.2) is 5.11 Å². The Morgan fingerprint density at radius 2 is 1.32 bits per heavy atom. The number of hydrogen-bond donors (Lipinski definition) is 1. The van der Waals surface area contributed by atoms with Crippen LogP contribution in [0.4, 0.5) is 11.4 Å². The second-order valence-corrected chi connectivity index (χ2v) is 4.18. The molecular weight excluding hydrogens is 236 g/mol. The Balaban J connectivity index is 2.07. The number of phenols is 1. The molecule has 0 aliphatic heterocycles. The van der Waals surface area contributed by atoms with Gasteiger partial charge in [-0.25, -0.2) is 0 Å². The molecular formula is C16H12N2O. The van der Waals surface area contributed by atoms with E-state index in [4.69, 9.17) is 0 Å². The highest BCUT2D eigenvalue weighted by Crippen LogP contribution is 2.33. The normalized spacial score (nSPS) is 11.2. The van der Waals surface area contributed by atoms with Gasteiger partial charge in [0.1, 0.15) is 5.75 Å². The van der Waals surface area contributed by atoms with E-state index < -0.39 is 0 Å². The highest BCUT2D eigenvalue weighted by Gasteiger charge is 2.03. The third-order valence-electron chi connectivity index (χ3n) is 2.91. The lowest BCUT2D eigenvalue weighted by Crippen LogP contribution is -1.74. The van der Waals surface area contributed by atoms with Crippen LogP contribution >= 0.6 is 0 Å². The molecule has 0 bridgehead atoms. The molecule has 0 atom stereocenters. The summed E-state index contributed by atoms with van der Waals surface area (Å²) >= 11 is 0. The Kier molecular flexibility index (Phi) is 2.94. The van der Waals surface area contributed by atoms with Gasteiger partial charge >= 0.3 is 0 Å².